The first kappa shape index (κ1) is 17.6. The number of anilines is 1. The average molecular weight is 338 g/mol. The van der Waals surface area contributed by atoms with Gasteiger partial charge in [-0.2, -0.15) is 0 Å². The van der Waals surface area contributed by atoms with Gasteiger partial charge in [0.25, 0.3) is 0 Å². The predicted molar refractivity (Wildman–Crippen MR) is 101 cm³/mol. The van der Waals surface area contributed by atoms with Gasteiger partial charge in [-0.05, 0) is 55.5 Å². The van der Waals surface area contributed by atoms with E-state index in [0.29, 0.717) is 32.5 Å². The summed E-state index contributed by atoms with van der Waals surface area (Å²) in [5, 5.41) is 13.8. The molecular formula is C21H26N2O2. The van der Waals surface area contributed by atoms with E-state index in [4.69, 9.17) is 0 Å². The Balaban J connectivity index is 1.53. The average Bonchev–Trinajstić information content (AvgIpc) is 2.61. The van der Waals surface area contributed by atoms with Crippen molar-refractivity contribution in [1.29, 1.82) is 0 Å². The summed E-state index contributed by atoms with van der Waals surface area (Å²) in [5.41, 5.74) is 3.42. The molecule has 2 aromatic carbocycles. The van der Waals surface area contributed by atoms with Crippen molar-refractivity contribution in [2.75, 3.05) is 25.0 Å². The van der Waals surface area contributed by atoms with Gasteiger partial charge in [0.15, 0.2) is 0 Å². The molecule has 1 heterocycles. The number of likely N-dealkylation sites (tertiary alicyclic amines) is 1. The minimum absolute atomic E-state index is 0.00611. The molecular weight excluding hydrogens is 312 g/mol. The Hall–Kier alpha value is -2.17. The molecule has 25 heavy (non-hydrogen) atoms. The van der Waals surface area contributed by atoms with Crippen molar-refractivity contribution < 1.29 is 9.90 Å². The van der Waals surface area contributed by atoms with Gasteiger partial charge >= 0.3 is 0 Å². The van der Waals surface area contributed by atoms with Crippen molar-refractivity contribution >= 4 is 11.6 Å². The van der Waals surface area contributed by atoms with Gasteiger partial charge in [-0.3, -0.25) is 9.69 Å². The summed E-state index contributed by atoms with van der Waals surface area (Å²) in [6.07, 6.45) is 1.29. The molecule has 1 saturated heterocycles. The lowest BCUT2D eigenvalue weighted by molar-refractivity contribution is -0.118. The Kier molecular flexibility index (Phi) is 5.21. The Morgan fingerprint density at radius 1 is 1.08 bits per heavy atom. The maximum absolute atomic E-state index is 12.3. The predicted octanol–water partition coefficient (Wildman–Crippen LogP) is 3.23. The summed E-state index contributed by atoms with van der Waals surface area (Å²) in [6.45, 7) is 5.89. The summed E-state index contributed by atoms with van der Waals surface area (Å²) in [5.74, 6) is -0.00611. The fraction of sp³-hybridized carbons (Fsp3) is 0.381. The third-order valence-electron chi connectivity index (χ3n) is 5.15. The highest BCUT2D eigenvalue weighted by molar-refractivity contribution is 5.92. The Labute approximate surface area is 149 Å². The normalized spacial score (nSPS) is 17.2. The number of carbonyl (C=O) groups excluding carboxylic acids is 1. The second-order valence-corrected chi connectivity index (χ2v) is 7.02. The number of aliphatic hydroxyl groups is 1. The lowest BCUT2D eigenvalue weighted by Crippen LogP contribution is -2.45. The van der Waals surface area contributed by atoms with Crippen molar-refractivity contribution in [1.82, 2.24) is 4.90 Å². The van der Waals surface area contributed by atoms with Crippen LogP contribution in [0.5, 0.6) is 0 Å². The number of rotatable bonds is 4. The van der Waals surface area contributed by atoms with Gasteiger partial charge in [-0.1, -0.05) is 36.4 Å². The molecule has 0 aromatic heterocycles. The molecule has 4 heteroatoms. The zero-order valence-corrected chi connectivity index (χ0v) is 15.0. The molecule has 0 radical (unpaired) electrons. The van der Waals surface area contributed by atoms with E-state index in [0.717, 1.165) is 11.3 Å². The van der Waals surface area contributed by atoms with Crippen LogP contribution in [0.2, 0.25) is 0 Å². The zero-order chi connectivity index (χ0) is 17.9. The van der Waals surface area contributed by atoms with Crippen LogP contribution in [0.4, 0.5) is 5.69 Å². The van der Waals surface area contributed by atoms with Crippen molar-refractivity contribution in [3.8, 4) is 0 Å². The fourth-order valence-electron chi connectivity index (χ4n) is 3.34. The molecule has 2 N–H and O–H groups in total. The van der Waals surface area contributed by atoms with Crippen LogP contribution >= 0.6 is 0 Å². The molecule has 0 saturated carbocycles. The number of nitrogens with zero attached hydrogens (tertiary/aromatic N) is 1. The first-order valence-corrected chi connectivity index (χ1v) is 8.84. The zero-order valence-electron chi connectivity index (χ0n) is 15.0. The third-order valence-corrected chi connectivity index (χ3v) is 5.15. The van der Waals surface area contributed by atoms with Crippen molar-refractivity contribution in [2.45, 2.75) is 32.3 Å². The van der Waals surface area contributed by atoms with Gasteiger partial charge < -0.3 is 10.4 Å². The van der Waals surface area contributed by atoms with E-state index in [1.165, 1.54) is 11.1 Å². The van der Waals surface area contributed by atoms with E-state index in [1.807, 2.05) is 55.5 Å². The number of hydrogen-bond acceptors (Lipinski definition) is 3. The lowest BCUT2D eigenvalue weighted by Gasteiger charge is -2.38. The Morgan fingerprint density at radius 3 is 2.40 bits per heavy atom. The summed E-state index contributed by atoms with van der Waals surface area (Å²) in [7, 11) is 0. The number of piperidine rings is 1. The van der Waals surface area contributed by atoms with Crippen LogP contribution in [-0.4, -0.2) is 35.5 Å². The second kappa shape index (κ2) is 7.38. The van der Waals surface area contributed by atoms with Crippen LogP contribution in [-0.2, 0) is 10.4 Å². The van der Waals surface area contributed by atoms with E-state index < -0.39 is 5.60 Å². The van der Waals surface area contributed by atoms with Gasteiger partial charge in [0.1, 0.15) is 0 Å². The van der Waals surface area contributed by atoms with Gasteiger partial charge in [0, 0.05) is 18.8 Å². The summed E-state index contributed by atoms with van der Waals surface area (Å²) < 4.78 is 0. The molecule has 1 amide bonds. The second-order valence-electron chi connectivity index (χ2n) is 7.02. The maximum Gasteiger partial charge on any atom is 0.238 e. The molecule has 0 atom stereocenters. The van der Waals surface area contributed by atoms with E-state index in [-0.39, 0.29) is 5.91 Å². The number of hydrogen-bond donors (Lipinski definition) is 2. The first-order valence-electron chi connectivity index (χ1n) is 8.84. The van der Waals surface area contributed by atoms with Crippen LogP contribution in [0.1, 0.15) is 29.5 Å². The van der Waals surface area contributed by atoms with E-state index in [1.54, 1.807) is 0 Å². The minimum Gasteiger partial charge on any atom is -0.385 e. The summed E-state index contributed by atoms with van der Waals surface area (Å²) in [6, 6.07) is 15.8. The van der Waals surface area contributed by atoms with Crippen molar-refractivity contribution in [3.63, 3.8) is 0 Å². The summed E-state index contributed by atoms with van der Waals surface area (Å²) >= 11 is 0. The third kappa shape index (κ3) is 4.27. The molecule has 0 spiro atoms. The maximum atomic E-state index is 12.3. The molecule has 1 aliphatic heterocycles. The Bertz CT molecular complexity index is 735. The smallest absolute Gasteiger partial charge is 0.238 e. The molecule has 2 aromatic rings. The molecule has 0 unspecified atom stereocenters. The SMILES string of the molecule is Cc1ccc(NC(=O)CN2CCC(O)(c3ccccc3)CC2)cc1C. The van der Waals surface area contributed by atoms with Crippen molar-refractivity contribution in [2.24, 2.45) is 0 Å². The quantitative estimate of drug-likeness (QED) is 0.900. The lowest BCUT2D eigenvalue weighted by atomic mass is 9.84. The number of benzene rings is 2. The molecule has 0 aliphatic carbocycles. The first-order chi connectivity index (χ1) is 12.0. The molecule has 3 rings (SSSR count). The topological polar surface area (TPSA) is 52.6 Å². The van der Waals surface area contributed by atoms with Crippen LogP contribution < -0.4 is 5.32 Å². The number of aryl methyl sites for hydroxylation is 2. The van der Waals surface area contributed by atoms with Crippen molar-refractivity contribution in [3.05, 3.63) is 65.2 Å². The Morgan fingerprint density at radius 2 is 1.76 bits per heavy atom. The van der Waals surface area contributed by atoms with Crippen LogP contribution in [0.3, 0.4) is 0 Å². The largest absolute Gasteiger partial charge is 0.385 e. The minimum atomic E-state index is -0.775. The van der Waals surface area contributed by atoms with E-state index in [9.17, 15) is 9.90 Å². The number of amides is 1. The van der Waals surface area contributed by atoms with E-state index >= 15 is 0 Å². The fourth-order valence-corrected chi connectivity index (χ4v) is 3.34. The standard InChI is InChI=1S/C21H26N2O2/c1-16-8-9-19(14-17(16)2)22-20(24)15-23-12-10-21(25,11-13-23)18-6-4-3-5-7-18/h3-9,14,25H,10-13,15H2,1-2H3,(H,22,24). The van der Waals surface area contributed by atoms with Gasteiger partial charge in [0.05, 0.1) is 12.1 Å². The number of nitrogens with one attached hydrogen (secondary N) is 1. The van der Waals surface area contributed by atoms with Gasteiger partial charge in [-0.15, -0.1) is 0 Å². The van der Waals surface area contributed by atoms with Crippen LogP contribution in [0, 0.1) is 13.8 Å². The number of carbonyl (C=O) groups is 1. The molecule has 4 nitrogen and oxygen atoms in total. The van der Waals surface area contributed by atoms with Gasteiger partial charge in [-0.25, -0.2) is 0 Å². The molecule has 0 bridgehead atoms. The van der Waals surface area contributed by atoms with Gasteiger partial charge in [0.2, 0.25) is 5.91 Å². The molecule has 1 aliphatic rings. The van der Waals surface area contributed by atoms with E-state index in [2.05, 4.69) is 17.1 Å². The van der Waals surface area contributed by atoms with Crippen LogP contribution in [0.15, 0.2) is 48.5 Å². The molecule has 132 valence electrons. The molecule has 1 fully saturated rings. The highest BCUT2D eigenvalue weighted by Crippen LogP contribution is 2.32. The monoisotopic (exact) mass is 338 g/mol. The summed E-state index contributed by atoms with van der Waals surface area (Å²) in [4.78, 5) is 14.4. The highest BCUT2D eigenvalue weighted by Gasteiger charge is 2.34. The van der Waals surface area contributed by atoms with Crippen LogP contribution in [0.25, 0.3) is 0 Å². The highest BCUT2D eigenvalue weighted by atomic mass is 16.3.